The number of benzene rings is 1. The zero-order valence-corrected chi connectivity index (χ0v) is 12.5. The molecule has 1 aromatic rings. The van der Waals surface area contributed by atoms with Crippen molar-refractivity contribution in [2.75, 3.05) is 0 Å². The molecule has 0 saturated heterocycles. The number of carbonyl (C=O) groups excluding carboxylic acids is 1. The van der Waals surface area contributed by atoms with E-state index < -0.39 is 38.1 Å². The summed E-state index contributed by atoms with van der Waals surface area (Å²) in [6.07, 6.45) is 0. The zero-order valence-electron chi connectivity index (χ0n) is 8.58. The predicted octanol–water partition coefficient (Wildman–Crippen LogP) is -4.00. The topological polar surface area (TPSA) is 132 Å². The van der Waals surface area contributed by atoms with Crippen LogP contribution in [-0.4, -0.2) is 30.0 Å². The van der Waals surface area contributed by atoms with Crippen LogP contribution in [0.15, 0.2) is 23.1 Å². The van der Waals surface area contributed by atoms with E-state index in [9.17, 15) is 23.1 Å². The summed E-state index contributed by atoms with van der Waals surface area (Å²) in [5.74, 6) is -3.39. The second kappa shape index (κ2) is 6.04. The first kappa shape index (κ1) is 16.7. The molecule has 0 aliphatic heterocycles. The van der Waals surface area contributed by atoms with Crippen LogP contribution in [0, 0.1) is 0 Å². The van der Waals surface area contributed by atoms with Crippen molar-refractivity contribution in [3.8, 4) is 0 Å². The fraction of sp³-hybridized carbons (Fsp3) is 0. The molecule has 0 atom stereocenters. The maximum atomic E-state index is 10.7. The Labute approximate surface area is 139 Å². The fourth-order valence-electron chi connectivity index (χ4n) is 1.04. The van der Waals surface area contributed by atoms with Crippen LogP contribution in [-0.2, 0) is 10.1 Å². The molecule has 86 valence electrons. The molecule has 1 aromatic carbocycles. The van der Waals surface area contributed by atoms with Gasteiger partial charge in [-0.15, -0.1) is 0 Å². The first-order valence-corrected chi connectivity index (χ1v) is 5.23. The smallest absolute Gasteiger partial charge is 0.545 e. The molecule has 0 fully saturated rings. The molecule has 0 bridgehead atoms. The van der Waals surface area contributed by atoms with Gasteiger partial charge >= 0.3 is 57.4 Å². The molecule has 0 heterocycles. The molecule has 0 aliphatic rings. The molecule has 0 unspecified atom stereocenters. The van der Waals surface area contributed by atoms with Crippen LogP contribution >= 0.6 is 0 Å². The summed E-state index contributed by atoms with van der Waals surface area (Å²) in [5, 5.41) is 19.2. The van der Waals surface area contributed by atoms with Gasteiger partial charge in [0.05, 0.1) is 16.4 Å². The molecule has 7 nitrogen and oxygen atoms in total. The molecule has 1 rings (SSSR count). The number of carbonyl (C=O) groups is 2. The van der Waals surface area contributed by atoms with E-state index in [0.29, 0.717) is 6.07 Å². The van der Waals surface area contributed by atoms with Crippen molar-refractivity contribution in [1.29, 1.82) is 0 Å². The molecule has 0 spiro atoms. The summed E-state index contributed by atoms with van der Waals surface area (Å²) in [4.78, 5) is 20.4. The molecule has 0 radical (unpaired) electrons. The van der Waals surface area contributed by atoms with Gasteiger partial charge in [-0.2, -0.15) is 8.42 Å². The second-order valence-corrected chi connectivity index (χ2v) is 4.20. The third-order valence-electron chi connectivity index (χ3n) is 1.74. The maximum absolute atomic E-state index is 10.7. The Hall–Kier alpha value is -0.294. The number of rotatable bonds is 3. The average molecular weight is 284 g/mol. The molecular formula is C8H5KO7S. The van der Waals surface area contributed by atoms with Crippen molar-refractivity contribution in [1.82, 2.24) is 0 Å². The zero-order chi connectivity index (χ0) is 12.5. The molecule has 0 aromatic heterocycles. The van der Waals surface area contributed by atoms with Crippen molar-refractivity contribution < 1.29 is 84.2 Å². The van der Waals surface area contributed by atoms with Gasteiger partial charge in [-0.3, -0.25) is 4.55 Å². The Morgan fingerprint density at radius 1 is 1.18 bits per heavy atom. The van der Waals surface area contributed by atoms with Crippen LogP contribution in [0.25, 0.3) is 0 Å². The van der Waals surface area contributed by atoms with Crippen molar-refractivity contribution >= 4 is 22.1 Å². The van der Waals surface area contributed by atoms with Crippen LogP contribution in [0.2, 0.25) is 0 Å². The molecule has 0 amide bonds. The number of hydrogen-bond acceptors (Lipinski definition) is 5. The van der Waals surface area contributed by atoms with E-state index in [0.717, 1.165) is 12.1 Å². The minimum absolute atomic E-state index is 0. The molecule has 2 N–H and O–H groups in total. The van der Waals surface area contributed by atoms with Gasteiger partial charge in [0.1, 0.15) is 0 Å². The number of aromatic carboxylic acids is 2. The predicted molar refractivity (Wildman–Crippen MR) is 47.5 cm³/mol. The third kappa shape index (κ3) is 4.14. The first-order chi connectivity index (χ1) is 7.23. The summed E-state index contributed by atoms with van der Waals surface area (Å²) in [6.45, 7) is 0. The Morgan fingerprint density at radius 2 is 1.71 bits per heavy atom. The molecule has 17 heavy (non-hydrogen) atoms. The number of hydrogen-bond donors (Lipinski definition) is 2. The van der Waals surface area contributed by atoms with Gasteiger partial charge in [0, 0.05) is 5.56 Å². The van der Waals surface area contributed by atoms with E-state index in [1.165, 1.54) is 0 Å². The van der Waals surface area contributed by atoms with Crippen LogP contribution in [0.3, 0.4) is 0 Å². The minimum atomic E-state index is -4.59. The standard InChI is InChI=1S/C8H6O7S.K/c9-7(10)5-2-1-4(16(13,14)15)3-6(5)8(11)12;/h1-3H,(H,9,10)(H,11,12)(H,13,14,15);/q;+1/p-1. The van der Waals surface area contributed by atoms with E-state index in [-0.39, 0.29) is 51.4 Å². The number of carboxylic acids is 2. The van der Waals surface area contributed by atoms with Gasteiger partial charge < -0.3 is 15.0 Å². The molecular weight excluding hydrogens is 279 g/mol. The largest absolute Gasteiger partial charge is 1.00 e. The Balaban J connectivity index is 0.00000256. The van der Waals surface area contributed by atoms with E-state index in [2.05, 4.69) is 0 Å². The van der Waals surface area contributed by atoms with Crippen LogP contribution in [0.4, 0.5) is 0 Å². The Kier molecular flexibility index (Phi) is 5.94. The first-order valence-electron chi connectivity index (χ1n) is 3.79. The van der Waals surface area contributed by atoms with Gasteiger partial charge in [-0.25, -0.2) is 4.79 Å². The normalized spacial score (nSPS) is 10.4. The summed E-state index contributed by atoms with van der Waals surface area (Å²) >= 11 is 0. The summed E-state index contributed by atoms with van der Waals surface area (Å²) in [5.41, 5.74) is -1.44. The Morgan fingerprint density at radius 3 is 2.06 bits per heavy atom. The number of carboxylic acid groups (broad SMARTS) is 2. The monoisotopic (exact) mass is 284 g/mol. The molecule has 0 saturated carbocycles. The van der Waals surface area contributed by atoms with Crippen molar-refractivity contribution in [3.05, 3.63) is 29.3 Å². The van der Waals surface area contributed by atoms with E-state index in [1.54, 1.807) is 0 Å². The summed E-state index contributed by atoms with van der Waals surface area (Å²) in [6, 6.07) is 2.07. The summed E-state index contributed by atoms with van der Waals surface area (Å²) in [7, 11) is -4.59. The van der Waals surface area contributed by atoms with Gasteiger partial charge in [0.2, 0.25) is 0 Å². The minimum Gasteiger partial charge on any atom is -0.545 e. The van der Waals surface area contributed by atoms with Gasteiger partial charge in [0.15, 0.2) is 0 Å². The van der Waals surface area contributed by atoms with Crippen LogP contribution in [0.5, 0.6) is 0 Å². The second-order valence-electron chi connectivity index (χ2n) is 2.78. The molecule has 0 aliphatic carbocycles. The maximum Gasteiger partial charge on any atom is 1.00 e. The van der Waals surface area contributed by atoms with Gasteiger partial charge in [0.25, 0.3) is 10.1 Å². The summed E-state index contributed by atoms with van der Waals surface area (Å²) < 4.78 is 30.0. The SMILES string of the molecule is O=C([O-])c1cc(S(=O)(=O)O)ccc1C(=O)O.[K+]. The van der Waals surface area contributed by atoms with Crippen LogP contribution in [0.1, 0.15) is 20.7 Å². The van der Waals surface area contributed by atoms with Gasteiger partial charge in [-0.1, -0.05) is 0 Å². The average Bonchev–Trinajstić information content (AvgIpc) is 2.15. The molecule has 9 heteroatoms. The van der Waals surface area contributed by atoms with Crippen LogP contribution < -0.4 is 56.5 Å². The Bertz CT molecular complexity index is 563. The van der Waals surface area contributed by atoms with Crippen molar-refractivity contribution in [2.45, 2.75) is 4.90 Å². The van der Waals surface area contributed by atoms with Crippen molar-refractivity contribution in [2.24, 2.45) is 0 Å². The third-order valence-corrected chi connectivity index (χ3v) is 2.59. The van der Waals surface area contributed by atoms with Gasteiger partial charge in [-0.05, 0) is 18.2 Å². The van der Waals surface area contributed by atoms with Crippen molar-refractivity contribution in [3.63, 3.8) is 0 Å². The van der Waals surface area contributed by atoms with E-state index in [1.807, 2.05) is 0 Å². The fourth-order valence-corrected chi connectivity index (χ4v) is 1.55. The van der Waals surface area contributed by atoms with E-state index in [4.69, 9.17) is 9.66 Å². The quantitative estimate of drug-likeness (QED) is 0.427. The van der Waals surface area contributed by atoms with E-state index >= 15 is 0 Å².